The molecule has 1 atom stereocenters. The van der Waals surface area contributed by atoms with Gasteiger partial charge in [-0.25, -0.2) is 9.18 Å². The Morgan fingerprint density at radius 2 is 2.00 bits per heavy atom. The summed E-state index contributed by atoms with van der Waals surface area (Å²) in [6.07, 6.45) is -0.532. The number of thioether (sulfide) groups is 1. The summed E-state index contributed by atoms with van der Waals surface area (Å²) in [6, 6.07) is 13.2. The van der Waals surface area contributed by atoms with Gasteiger partial charge in [-0.2, -0.15) is 0 Å². The van der Waals surface area contributed by atoms with E-state index in [1.165, 1.54) is 28.8 Å². The van der Waals surface area contributed by atoms with E-state index in [1.54, 1.807) is 13.0 Å². The first-order valence-corrected chi connectivity index (χ1v) is 9.33. The maximum absolute atomic E-state index is 13.6. The zero-order chi connectivity index (χ0) is 18.5. The summed E-state index contributed by atoms with van der Waals surface area (Å²) in [7, 11) is 0. The Kier molecular flexibility index (Phi) is 5.78. The van der Waals surface area contributed by atoms with Crippen LogP contribution < -0.4 is 5.32 Å². The highest BCUT2D eigenvalue weighted by Gasteiger charge is 2.36. The first-order valence-electron chi connectivity index (χ1n) is 8.17. The zero-order valence-electron chi connectivity index (χ0n) is 14.3. The van der Waals surface area contributed by atoms with Gasteiger partial charge in [0.15, 0.2) is 0 Å². The maximum atomic E-state index is 13.6. The monoisotopic (exact) mass is 374 g/mol. The second-order valence-electron chi connectivity index (χ2n) is 5.93. The number of anilines is 1. The average molecular weight is 374 g/mol. The Labute approximate surface area is 155 Å². The van der Waals surface area contributed by atoms with Crippen molar-refractivity contribution in [3.05, 3.63) is 65.5 Å². The number of nitrogens with one attached hydrogen (secondary N) is 1. The Bertz CT molecular complexity index is 801. The Balaban J connectivity index is 1.62. The van der Waals surface area contributed by atoms with E-state index in [0.29, 0.717) is 22.9 Å². The predicted molar refractivity (Wildman–Crippen MR) is 99.3 cm³/mol. The van der Waals surface area contributed by atoms with Crippen LogP contribution >= 0.6 is 11.8 Å². The highest BCUT2D eigenvalue weighted by molar-refractivity contribution is 7.99. The van der Waals surface area contributed by atoms with Crippen molar-refractivity contribution >= 4 is 29.4 Å². The topological polar surface area (TPSA) is 58.6 Å². The minimum atomic E-state index is -0.647. The molecule has 0 radical (unpaired) electrons. The Morgan fingerprint density at radius 1 is 1.23 bits per heavy atom. The lowest BCUT2D eigenvalue weighted by atomic mass is 10.1. The number of hydrogen-bond acceptors (Lipinski definition) is 4. The van der Waals surface area contributed by atoms with Gasteiger partial charge in [0.25, 0.3) is 0 Å². The number of rotatable bonds is 4. The van der Waals surface area contributed by atoms with Crippen LogP contribution in [0.5, 0.6) is 0 Å². The summed E-state index contributed by atoms with van der Waals surface area (Å²) < 4.78 is 19.0. The fourth-order valence-corrected chi connectivity index (χ4v) is 3.74. The first kappa shape index (κ1) is 18.3. The number of carbonyl (C=O) groups is 2. The van der Waals surface area contributed by atoms with Gasteiger partial charge in [0.2, 0.25) is 5.91 Å². The number of halogens is 1. The molecular weight excluding hydrogens is 355 g/mol. The molecule has 0 bridgehead atoms. The smallest absolute Gasteiger partial charge is 0.411 e. The molecule has 2 aromatic rings. The van der Waals surface area contributed by atoms with E-state index in [-0.39, 0.29) is 18.3 Å². The molecule has 0 spiro atoms. The van der Waals surface area contributed by atoms with Gasteiger partial charge in [-0.05, 0) is 24.6 Å². The summed E-state index contributed by atoms with van der Waals surface area (Å²) in [5, 5.41) is 2.71. The van der Waals surface area contributed by atoms with Crippen molar-refractivity contribution in [3.63, 3.8) is 0 Å². The van der Waals surface area contributed by atoms with Crippen LogP contribution in [0.25, 0.3) is 0 Å². The Hall–Kier alpha value is -2.54. The quantitative estimate of drug-likeness (QED) is 0.885. The summed E-state index contributed by atoms with van der Waals surface area (Å²) >= 11 is 1.48. The van der Waals surface area contributed by atoms with Crippen molar-refractivity contribution in [1.82, 2.24) is 4.90 Å². The normalized spacial score (nSPS) is 16.4. The number of nitrogens with zero attached hydrogens (tertiary/aromatic N) is 1. The number of amides is 2. The van der Waals surface area contributed by atoms with Gasteiger partial charge in [0, 0.05) is 17.0 Å². The molecule has 136 valence electrons. The van der Waals surface area contributed by atoms with Gasteiger partial charge in [0.1, 0.15) is 18.5 Å². The number of hydrogen-bond donors (Lipinski definition) is 1. The summed E-state index contributed by atoms with van der Waals surface area (Å²) in [4.78, 5) is 26.3. The molecule has 3 rings (SSSR count). The molecule has 2 amide bonds. The van der Waals surface area contributed by atoms with Gasteiger partial charge in [-0.15, -0.1) is 11.8 Å². The molecule has 1 saturated heterocycles. The van der Waals surface area contributed by atoms with E-state index in [0.717, 1.165) is 5.56 Å². The molecule has 7 heteroatoms. The minimum Gasteiger partial charge on any atom is -0.445 e. The van der Waals surface area contributed by atoms with E-state index in [2.05, 4.69) is 5.32 Å². The second-order valence-corrected chi connectivity index (χ2v) is 6.93. The van der Waals surface area contributed by atoms with Crippen LogP contribution in [0, 0.1) is 12.7 Å². The van der Waals surface area contributed by atoms with Crippen LogP contribution in [0.15, 0.2) is 48.5 Å². The van der Waals surface area contributed by atoms with Crippen LogP contribution in [0.3, 0.4) is 0 Å². The molecule has 0 aromatic heterocycles. The van der Waals surface area contributed by atoms with E-state index in [1.807, 2.05) is 30.3 Å². The number of benzene rings is 2. The van der Waals surface area contributed by atoms with E-state index < -0.39 is 12.1 Å². The largest absolute Gasteiger partial charge is 0.445 e. The highest BCUT2D eigenvalue weighted by Crippen LogP contribution is 2.24. The summed E-state index contributed by atoms with van der Waals surface area (Å²) in [5.74, 6) is 0.122. The standard InChI is InChI=1S/C19H19FN2O3S/c1-13-15(20)8-5-9-16(13)21-18(23)17-11-26-12-22(17)19(24)25-10-14-6-3-2-4-7-14/h2-9,17H,10-12H2,1H3,(H,21,23)/t17-/m1/s1. The van der Waals surface area contributed by atoms with Crippen LogP contribution in [0.1, 0.15) is 11.1 Å². The summed E-state index contributed by atoms with van der Waals surface area (Å²) in [5.41, 5.74) is 1.65. The van der Waals surface area contributed by atoms with Gasteiger partial charge in [0.05, 0.1) is 5.88 Å². The first-order chi connectivity index (χ1) is 12.6. The molecular formula is C19H19FN2O3S. The van der Waals surface area contributed by atoms with Crippen molar-refractivity contribution in [2.75, 3.05) is 16.9 Å². The third-order valence-electron chi connectivity index (χ3n) is 4.15. The summed E-state index contributed by atoms with van der Waals surface area (Å²) in [6.45, 7) is 1.75. The molecule has 2 aromatic carbocycles. The lowest BCUT2D eigenvalue weighted by molar-refractivity contribution is -0.119. The third-order valence-corrected chi connectivity index (χ3v) is 5.16. The highest BCUT2D eigenvalue weighted by atomic mass is 32.2. The third kappa shape index (κ3) is 4.16. The second kappa shape index (κ2) is 8.23. The zero-order valence-corrected chi connectivity index (χ0v) is 15.1. The van der Waals surface area contributed by atoms with Crippen molar-refractivity contribution in [3.8, 4) is 0 Å². The fraction of sp³-hybridized carbons (Fsp3) is 0.263. The van der Waals surface area contributed by atoms with E-state index >= 15 is 0 Å². The molecule has 1 N–H and O–H groups in total. The van der Waals surface area contributed by atoms with Gasteiger partial charge in [-0.1, -0.05) is 36.4 Å². The van der Waals surface area contributed by atoms with E-state index in [9.17, 15) is 14.0 Å². The number of ether oxygens (including phenoxy) is 1. The van der Waals surface area contributed by atoms with Crippen LogP contribution in [-0.4, -0.2) is 34.6 Å². The molecule has 1 aliphatic heterocycles. The molecule has 1 aliphatic rings. The van der Waals surface area contributed by atoms with E-state index in [4.69, 9.17) is 4.74 Å². The molecule has 26 heavy (non-hydrogen) atoms. The lowest BCUT2D eigenvalue weighted by Gasteiger charge is -2.23. The number of carbonyl (C=O) groups excluding carboxylic acids is 2. The predicted octanol–water partition coefficient (Wildman–Crippen LogP) is 3.78. The van der Waals surface area contributed by atoms with Crippen molar-refractivity contribution < 1.29 is 18.7 Å². The molecule has 5 nitrogen and oxygen atoms in total. The Morgan fingerprint density at radius 3 is 2.77 bits per heavy atom. The average Bonchev–Trinajstić information content (AvgIpc) is 3.14. The van der Waals surface area contributed by atoms with Crippen molar-refractivity contribution in [2.24, 2.45) is 0 Å². The van der Waals surface area contributed by atoms with Crippen molar-refractivity contribution in [2.45, 2.75) is 19.6 Å². The van der Waals surface area contributed by atoms with Gasteiger partial charge >= 0.3 is 6.09 Å². The molecule has 1 heterocycles. The van der Waals surface area contributed by atoms with Crippen LogP contribution in [0.4, 0.5) is 14.9 Å². The lowest BCUT2D eigenvalue weighted by Crippen LogP contribution is -2.44. The fourth-order valence-electron chi connectivity index (χ4n) is 2.60. The molecule has 1 fully saturated rings. The molecule has 0 aliphatic carbocycles. The SMILES string of the molecule is Cc1c(F)cccc1NC(=O)[C@H]1CSCN1C(=O)OCc1ccccc1. The molecule has 0 unspecified atom stereocenters. The van der Waals surface area contributed by atoms with Crippen LogP contribution in [0.2, 0.25) is 0 Å². The van der Waals surface area contributed by atoms with Crippen LogP contribution in [-0.2, 0) is 16.1 Å². The minimum absolute atomic E-state index is 0.151. The van der Waals surface area contributed by atoms with Crippen molar-refractivity contribution in [1.29, 1.82) is 0 Å². The molecule has 0 saturated carbocycles. The van der Waals surface area contributed by atoms with Gasteiger partial charge < -0.3 is 10.1 Å². The van der Waals surface area contributed by atoms with Gasteiger partial charge in [-0.3, -0.25) is 9.69 Å². The maximum Gasteiger partial charge on any atom is 0.411 e.